The first-order chi connectivity index (χ1) is 19.3. The molecule has 0 bridgehead atoms. The first-order valence-corrected chi connectivity index (χ1v) is 13.3. The van der Waals surface area contributed by atoms with Crippen molar-refractivity contribution in [3.05, 3.63) is 59.2 Å². The van der Waals surface area contributed by atoms with Crippen LogP contribution in [0.15, 0.2) is 36.4 Å². The van der Waals surface area contributed by atoms with Gasteiger partial charge in [0.15, 0.2) is 11.6 Å². The molecule has 1 aliphatic heterocycles. The Kier molecular flexibility index (Phi) is 10.3. The lowest BCUT2D eigenvalue weighted by molar-refractivity contribution is 0.0311. The van der Waals surface area contributed by atoms with Gasteiger partial charge in [-0.3, -0.25) is 10.2 Å². The smallest absolute Gasteiger partial charge is 0.320 e. The van der Waals surface area contributed by atoms with Crippen molar-refractivity contribution in [3.8, 4) is 5.88 Å². The van der Waals surface area contributed by atoms with Crippen molar-refractivity contribution in [1.82, 2.24) is 20.0 Å². The van der Waals surface area contributed by atoms with Crippen molar-refractivity contribution in [2.75, 3.05) is 59.0 Å². The van der Waals surface area contributed by atoms with Crippen molar-refractivity contribution in [2.24, 2.45) is 0 Å². The fourth-order valence-corrected chi connectivity index (χ4v) is 4.95. The zero-order chi connectivity index (χ0) is 28.6. The minimum absolute atomic E-state index is 0.0263. The molecule has 2 aliphatic rings. The molecule has 12 heteroatoms. The van der Waals surface area contributed by atoms with Crippen molar-refractivity contribution >= 4 is 17.5 Å². The Morgan fingerprint density at radius 3 is 2.70 bits per heavy atom. The number of urea groups is 1. The summed E-state index contributed by atoms with van der Waals surface area (Å²) in [6.45, 7) is 4.07. The van der Waals surface area contributed by atoms with Crippen molar-refractivity contribution < 1.29 is 32.9 Å². The van der Waals surface area contributed by atoms with Gasteiger partial charge < -0.3 is 24.6 Å². The molecular formula is C28H37F2N5O5. The number of hydrogen-bond acceptors (Lipinski definition) is 7. The lowest BCUT2D eigenvalue weighted by Gasteiger charge is -2.21. The van der Waals surface area contributed by atoms with Crippen LogP contribution in [0, 0.1) is 18.6 Å². The summed E-state index contributed by atoms with van der Waals surface area (Å²) in [7, 11) is 3.11. The molecule has 10 nitrogen and oxygen atoms in total. The van der Waals surface area contributed by atoms with E-state index < -0.39 is 23.8 Å². The molecule has 0 radical (unpaired) electrons. The number of halogens is 2. The number of aliphatic hydroxyl groups excluding tert-OH is 1. The first-order valence-electron chi connectivity index (χ1n) is 13.3. The van der Waals surface area contributed by atoms with Crippen molar-refractivity contribution in [3.63, 3.8) is 0 Å². The van der Waals surface area contributed by atoms with Gasteiger partial charge in [-0.1, -0.05) is 18.2 Å². The van der Waals surface area contributed by atoms with Crippen LogP contribution in [-0.2, 0) is 9.47 Å². The van der Waals surface area contributed by atoms with E-state index in [4.69, 9.17) is 14.2 Å². The molecule has 1 saturated heterocycles. The van der Waals surface area contributed by atoms with Crippen LogP contribution >= 0.6 is 0 Å². The standard InChI is InChI=1S/C28H37F2N5O5/c1-18-26(35(20-7-5-4-6-8-20)33-27(18)40-17-21(36)16-39-3)32-28(37)31-25-15-34(11-12-38-2)14-22(25)19-9-10-23(29)24(30)13-19/h5,7-10,13,21-22,25,36H,4,6,11-12,14-17H2,1-3H3,(H2,31,32,37)/t21-,22-,25+/m0/s1. The number of benzene rings is 1. The number of carbonyl (C=O) groups excluding carboxylic acids is 1. The van der Waals surface area contributed by atoms with Crippen molar-refractivity contribution in [1.29, 1.82) is 0 Å². The Bertz CT molecular complexity index is 1230. The van der Waals surface area contributed by atoms with E-state index in [1.165, 1.54) is 13.2 Å². The average molecular weight is 562 g/mol. The summed E-state index contributed by atoms with van der Waals surface area (Å²) >= 11 is 0. The van der Waals surface area contributed by atoms with Crippen LogP contribution in [0.3, 0.4) is 0 Å². The van der Waals surface area contributed by atoms with Crippen LogP contribution < -0.4 is 15.4 Å². The van der Waals surface area contributed by atoms with E-state index in [1.54, 1.807) is 24.8 Å². The van der Waals surface area contributed by atoms with Gasteiger partial charge in [0.1, 0.15) is 18.5 Å². The molecule has 0 spiro atoms. The van der Waals surface area contributed by atoms with E-state index >= 15 is 0 Å². The van der Waals surface area contributed by atoms with Gasteiger partial charge in [-0.15, -0.1) is 5.10 Å². The largest absolute Gasteiger partial charge is 0.474 e. The molecule has 0 unspecified atom stereocenters. The van der Waals surface area contributed by atoms with E-state index in [0.717, 1.165) is 24.6 Å². The molecule has 1 aliphatic carbocycles. The third-order valence-corrected chi connectivity index (χ3v) is 7.00. The maximum Gasteiger partial charge on any atom is 0.320 e. The van der Waals surface area contributed by atoms with E-state index in [2.05, 4.69) is 20.6 Å². The number of likely N-dealkylation sites (tertiary alicyclic amines) is 1. The zero-order valence-corrected chi connectivity index (χ0v) is 23.0. The fraction of sp³-hybridized carbons (Fsp3) is 0.500. The zero-order valence-electron chi connectivity index (χ0n) is 23.0. The number of nitrogens with zero attached hydrogens (tertiary/aromatic N) is 3. The van der Waals surface area contributed by atoms with E-state index in [-0.39, 0.29) is 31.1 Å². The highest BCUT2D eigenvalue weighted by molar-refractivity contribution is 5.90. The van der Waals surface area contributed by atoms with Crippen LogP contribution in [0.5, 0.6) is 5.88 Å². The molecule has 2 aromatic rings. The molecule has 1 fully saturated rings. The number of nitrogens with one attached hydrogen (secondary N) is 2. The number of hydrogen-bond donors (Lipinski definition) is 3. The van der Waals surface area contributed by atoms with Crippen LogP contribution in [0.4, 0.5) is 19.4 Å². The molecule has 1 aromatic carbocycles. The Labute approximate surface area is 232 Å². The van der Waals surface area contributed by atoms with Crippen LogP contribution in [0.1, 0.15) is 29.9 Å². The third kappa shape index (κ3) is 7.25. The van der Waals surface area contributed by atoms with Gasteiger partial charge in [0.2, 0.25) is 5.88 Å². The van der Waals surface area contributed by atoms with Gasteiger partial charge >= 0.3 is 6.03 Å². The highest BCUT2D eigenvalue weighted by Gasteiger charge is 2.35. The Balaban J connectivity index is 1.54. The molecular weight excluding hydrogens is 524 g/mol. The van der Waals surface area contributed by atoms with E-state index in [9.17, 15) is 18.7 Å². The number of carbonyl (C=O) groups is 1. The molecule has 3 N–H and O–H groups in total. The van der Waals surface area contributed by atoms with Crippen molar-refractivity contribution in [2.45, 2.75) is 37.8 Å². The number of methoxy groups -OCH3 is 2. The lowest BCUT2D eigenvalue weighted by atomic mass is 9.94. The average Bonchev–Trinajstić information content (AvgIpc) is 3.48. The summed E-state index contributed by atoms with van der Waals surface area (Å²) in [6, 6.07) is 3.01. The van der Waals surface area contributed by atoms with Crippen LogP contribution in [0.2, 0.25) is 0 Å². The Morgan fingerprint density at radius 2 is 2.00 bits per heavy atom. The van der Waals surface area contributed by atoms with Gasteiger partial charge in [0.25, 0.3) is 0 Å². The third-order valence-electron chi connectivity index (χ3n) is 7.00. The number of aromatic nitrogens is 2. The Morgan fingerprint density at radius 1 is 1.18 bits per heavy atom. The summed E-state index contributed by atoms with van der Waals surface area (Å²) in [6.07, 6.45) is 6.87. The van der Waals surface area contributed by atoms with Gasteiger partial charge in [0, 0.05) is 39.8 Å². The SMILES string of the molecule is COCCN1C[C@@H](NC(=O)Nc2c(C)c(OC[C@@H](O)COC)nn2C2=CCCC=C2)[C@H](c2ccc(F)c(F)c2)C1. The maximum absolute atomic E-state index is 14.1. The predicted molar refractivity (Wildman–Crippen MR) is 146 cm³/mol. The second-order valence-corrected chi connectivity index (χ2v) is 9.96. The summed E-state index contributed by atoms with van der Waals surface area (Å²) < 4.78 is 45.2. The van der Waals surface area contributed by atoms with Gasteiger partial charge in [0.05, 0.1) is 30.5 Å². The van der Waals surface area contributed by atoms with Crippen LogP contribution in [0.25, 0.3) is 5.70 Å². The quantitative estimate of drug-likeness (QED) is 0.365. The molecule has 1 aromatic heterocycles. The molecule has 40 heavy (non-hydrogen) atoms. The lowest BCUT2D eigenvalue weighted by Crippen LogP contribution is -2.42. The number of allylic oxidation sites excluding steroid dienone is 4. The first kappa shape index (κ1) is 29.7. The molecule has 2 heterocycles. The topological polar surface area (TPSA) is 110 Å². The fourth-order valence-electron chi connectivity index (χ4n) is 4.95. The predicted octanol–water partition coefficient (Wildman–Crippen LogP) is 3.28. The molecule has 4 rings (SSSR count). The van der Waals surface area contributed by atoms with Gasteiger partial charge in [-0.25, -0.2) is 18.3 Å². The highest BCUT2D eigenvalue weighted by Crippen LogP contribution is 2.31. The number of amides is 2. The number of rotatable bonds is 12. The van der Waals surface area contributed by atoms with Crippen LogP contribution in [-0.4, -0.2) is 91.6 Å². The normalized spacial score (nSPS) is 19.9. The summed E-state index contributed by atoms with van der Waals surface area (Å²) in [5, 5.41) is 20.5. The number of aliphatic hydroxyl groups is 1. The Hall–Kier alpha value is -3.32. The summed E-state index contributed by atoms with van der Waals surface area (Å²) in [5.41, 5.74) is 1.97. The van der Waals surface area contributed by atoms with Gasteiger partial charge in [-0.05, 0) is 43.5 Å². The number of anilines is 1. The molecule has 218 valence electrons. The minimum Gasteiger partial charge on any atom is -0.474 e. The minimum atomic E-state index is -0.924. The van der Waals surface area contributed by atoms with Gasteiger partial charge in [-0.2, -0.15) is 0 Å². The molecule has 0 saturated carbocycles. The van der Waals surface area contributed by atoms with E-state index in [1.807, 2.05) is 18.2 Å². The second kappa shape index (κ2) is 13.8. The summed E-state index contributed by atoms with van der Waals surface area (Å²) in [4.78, 5) is 15.5. The molecule has 2 amide bonds. The highest BCUT2D eigenvalue weighted by atomic mass is 19.2. The number of ether oxygens (including phenoxy) is 3. The monoisotopic (exact) mass is 561 g/mol. The maximum atomic E-state index is 14.1. The summed E-state index contributed by atoms with van der Waals surface area (Å²) in [5.74, 6) is -1.40. The second-order valence-electron chi connectivity index (χ2n) is 9.96. The van der Waals surface area contributed by atoms with E-state index in [0.29, 0.717) is 43.2 Å². The molecule has 3 atom stereocenters.